The average molecular weight is 331 g/mol. The molecule has 0 radical (unpaired) electrons. The van der Waals surface area contributed by atoms with Gasteiger partial charge in [0, 0.05) is 6.54 Å². The van der Waals surface area contributed by atoms with Gasteiger partial charge in [-0.05, 0) is 65.0 Å². The number of ether oxygens (including phenoxy) is 1. The Morgan fingerprint density at radius 2 is 1.96 bits per heavy atom. The van der Waals surface area contributed by atoms with Crippen molar-refractivity contribution in [3.8, 4) is 11.4 Å². The standard InChI is InChI=1S/C17H25N5O2/c1-12(2)24-15-8-6-14(7-9-15)22-13(3)16(20-21-22)17(23)19-11-5-10-18-4/h6-9,12,18H,5,10-11H2,1-4H3,(H,19,23). The molecule has 1 heterocycles. The Hall–Kier alpha value is -2.41. The predicted molar refractivity (Wildman–Crippen MR) is 92.7 cm³/mol. The first-order chi connectivity index (χ1) is 11.5. The van der Waals surface area contributed by atoms with E-state index in [1.807, 2.05) is 52.1 Å². The lowest BCUT2D eigenvalue weighted by atomic mass is 10.2. The van der Waals surface area contributed by atoms with Gasteiger partial charge in [0.05, 0.1) is 17.5 Å². The van der Waals surface area contributed by atoms with E-state index in [0.717, 1.165) is 24.4 Å². The van der Waals surface area contributed by atoms with Crippen LogP contribution < -0.4 is 15.4 Å². The number of carbonyl (C=O) groups excluding carboxylic acids is 1. The van der Waals surface area contributed by atoms with Crippen LogP contribution in [0.1, 0.15) is 36.5 Å². The maximum atomic E-state index is 12.2. The number of aromatic nitrogens is 3. The number of nitrogens with zero attached hydrogens (tertiary/aromatic N) is 3. The third kappa shape index (κ3) is 4.55. The van der Waals surface area contributed by atoms with Gasteiger partial charge in [-0.3, -0.25) is 4.79 Å². The molecule has 0 aliphatic heterocycles. The fourth-order valence-electron chi connectivity index (χ4n) is 2.27. The Morgan fingerprint density at radius 1 is 1.25 bits per heavy atom. The molecular formula is C17H25N5O2. The van der Waals surface area contributed by atoms with E-state index in [0.29, 0.717) is 17.9 Å². The average Bonchev–Trinajstić information content (AvgIpc) is 2.93. The van der Waals surface area contributed by atoms with Gasteiger partial charge in [0.2, 0.25) is 0 Å². The summed E-state index contributed by atoms with van der Waals surface area (Å²) in [6, 6.07) is 7.56. The van der Waals surface area contributed by atoms with Crippen molar-refractivity contribution in [3.05, 3.63) is 35.7 Å². The highest BCUT2D eigenvalue weighted by Crippen LogP contribution is 2.18. The van der Waals surface area contributed by atoms with E-state index in [2.05, 4.69) is 20.9 Å². The largest absolute Gasteiger partial charge is 0.491 e. The second kappa shape index (κ2) is 8.44. The molecule has 0 aliphatic rings. The number of nitrogens with one attached hydrogen (secondary N) is 2. The molecule has 2 aromatic rings. The third-order valence-electron chi connectivity index (χ3n) is 3.45. The van der Waals surface area contributed by atoms with Crippen LogP contribution in [-0.2, 0) is 0 Å². The maximum Gasteiger partial charge on any atom is 0.273 e. The zero-order valence-corrected chi connectivity index (χ0v) is 14.7. The molecule has 0 fully saturated rings. The van der Waals surface area contributed by atoms with E-state index in [1.54, 1.807) is 4.68 Å². The van der Waals surface area contributed by atoms with Crippen LogP contribution in [0.2, 0.25) is 0 Å². The first kappa shape index (κ1) is 17.9. The van der Waals surface area contributed by atoms with Crippen molar-refractivity contribution in [2.45, 2.75) is 33.3 Å². The van der Waals surface area contributed by atoms with Crippen LogP contribution in [-0.4, -0.2) is 47.1 Å². The highest BCUT2D eigenvalue weighted by molar-refractivity contribution is 5.93. The van der Waals surface area contributed by atoms with Crippen molar-refractivity contribution < 1.29 is 9.53 Å². The topological polar surface area (TPSA) is 81.1 Å². The van der Waals surface area contributed by atoms with Gasteiger partial charge in [-0.25, -0.2) is 4.68 Å². The summed E-state index contributed by atoms with van der Waals surface area (Å²) in [6.07, 6.45) is 0.995. The summed E-state index contributed by atoms with van der Waals surface area (Å²) < 4.78 is 7.28. The van der Waals surface area contributed by atoms with Crippen molar-refractivity contribution in [3.63, 3.8) is 0 Å². The number of rotatable bonds is 8. The summed E-state index contributed by atoms with van der Waals surface area (Å²) in [4.78, 5) is 12.2. The van der Waals surface area contributed by atoms with E-state index < -0.39 is 0 Å². The minimum Gasteiger partial charge on any atom is -0.491 e. The van der Waals surface area contributed by atoms with Crippen LogP contribution in [0.3, 0.4) is 0 Å². The Balaban J connectivity index is 2.07. The molecule has 7 heteroatoms. The Labute approximate surface area is 142 Å². The van der Waals surface area contributed by atoms with E-state index >= 15 is 0 Å². The molecule has 2 N–H and O–H groups in total. The fraction of sp³-hybridized carbons (Fsp3) is 0.471. The number of amides is 1. The van der Waals surface area contributed by atoms with Gasteiger partial charge in [0.1, 0.15) is 5.75 Å². The lowest BCUT2D eigenvalue weighted by molar-refractivity contribution is 0.0947. The van der Waals surface area contributed by atoms with Gasteiger partial charge in [0.25, 0.3) is 5.91 Å². The molecule has 0 bridgehead atoms. The number of carbonyl (C=O) groups is 1. The Morgan fingerprint density at radius 3 is 2.58 bits per heavy atom. The van der Waals surface area contributed by atoms with Gasteiger partial charge in [-0.2, -0.15) is 0 Å². The molecule has 1 amide bonds. The van der Waals surface area contributed by atoms with Crippen LogP contribution in [0.4, 0.5) is 0 Å². The van der Waals surface area contributed by atoms with Crippen LogP contribution in [0, 0.1) is 6.92 Å². The number of benzene rings is 1. The van der Waals surface area contributed by atoms with Gasteiger partial charge >= 0.3 is 0 Å². The normalized spacial score (nSPS) is 10.9. The van der Waals surface area contributed by atoms with E-state index in [1.165, 1.54) is 0 Å². The minimum absolute atomic E-state index is 0.127. The summed E-state index contributed by atoms with van der Waals surface area (Å²) in [5, 5.41) is 14.0. The second-order valence-electron chi connectivity index (χ2n) is 5.81. The van der Waals surface area contributed by atoms with E-state index in [-0.39, 0.29) is 12.0 Å². The predicted octanol–water partition coefficient (Wildman–Crippen LogP) is 1.70. The van der Waals surface area contributed by atoms with Crippen molar-refractivity contribution >= 4 is 5.91 Å². The third-order valence-corrected chi connectivity index (χ3v) is 3.45. The van der Waals surface area contributed by atoms with E-state index in [4.69, 9.17) is 4.74 Å². The van der Waals surface area contributed by atoms with Crippen molar-refractivity contribution in [1.82, 2.24) is 25.6 Å². The van der Waals surface area contributed by atoms with E-state index in [9.17, 15) is 4.79 Å². The number of hydrogen-bond acceptors (Lipinski definition) is 5. The molecule has 0 spiro atoms. The highest BCUT2D eigenvalue weighted by Gasteiger charge is 2.16. The van der Waals surface area contributed by atoms with Crippen LogP contribution in [0.5, 0.6) is 5.75 Å². The molecule has 24 heavy (non-hydrogen) atoms. The van der Waals surface area contributed by atoms with Crippen molar-refractivity contribution in [2.75, 3.05) is 20.1 Å². The molecule has 0 aliphatic carbocycles. The van der Waals surface area contributed by atoms with Gasteiger partial charge in [-0.15, -0.1) is 5.10 Å². The smallest absolute Gasteiger partial charge is 0.273 e. The molecule has 0 unspecified atom stereocenters. The molecule has 1 aromatic carbocycles. The van der Waals surface area contributed by atoms with Gasteiger partial charge in [0.15, 0.2) is 5.69 Å². The molecular weight excluding hydrogens is 306 g/mol. The summed E-state index contributed by atoms with van der Waals surface area (Å²) in [5.74, 6) is 0.601. The Kier molecular flexibility index (Phi) is 6.31. The molecule has 1 aromatic heterocycles. The van der Waals surface area contributed by atoms with Crippen LogP contribution >= 0.6 is 0 Å². The summed E-state index contributed by atoms with van der Waals surface area (Å²) >= 11 is 0. The summed E-state index contributed by atoms with van der Waals surface area (Å²) in [5.41, 5.74) is 1.89. The lowest BCUT2D eigenvalue weighted by Gasteiger charge is -2.10. The quantitative estimate of drug-likeness (QED) is 0.720. The van der Waals surface area contributed by atoms with Gasteiger partial charge < -0.3 is 15.4 Å². The highest BCUT2D eigenvalue weighted by atomic mass is 16.5. The number of hydrogen-bond donors (Lipinski definition) is 2. The molecule has 7 nitrogen and oxygen atoms in total. The molecule has 0 atom stereocenters. The van der Waals surface area contributed by atoms with Crippen LogP contribution in [0.25, 0.3) is 5.69 Å². The van der Waals surface area contributed by atoms with Crippen LogP contribution in [0.15, 0.2) is 24.3 Å². The molecule has 0 saturated heterocycles. The first-order valence-electron chi connectivity index (χ1n) is 8.15. The molecule has 2 rings (SSSR count). The SMILES string of the molecule is CNCCCNC(=O)c1nnn(-c2ccc(OC(C)C)cc2)c1C. The lowest BCUT2D eigenvalue weighted by Crippen LogP contribution is -2.27. The zero-order valence-electron chi connectivity index (χ0n) is 14.7. The first-order valence-corrected chi connectivity index (χ1v) is 8.15. The van der Waals surface area contributed by atoms with Crippen molar-refractivity contribution in [2.24, 2.45) is 0 Å². The second-order valence-corrected chi connectivity index (χ2v) is 5.81. The summed E-state index contributed by atoms with van der Waals surface area (Å²) in [7, 11) is 1.88. The van der Waals surface area contributed by atoms with Crippen molar-refractivity contribution in [1.29, 1.82) is 0 Å². The monoisotopic (exact) mass is 331 g/mol. The minimum atomic E-state index is -0.199. The molecule has 130 valence electrons. The zero-order chi connectivity index (χ0) is 17.5. The fourth-order valence-corrected chi connectivity index (χ4v) is 2.27. The summed E-state index contributed by atoms with van der Waals surface area (Å²) in [6.45, 7) is 7.26. The maximum absolute atomic E-state index is 12.2. The molecule has 0 saturated carbocycles. The Bertz CT molecular complexity index is 664. The van der Waals surface area contributed by atoms with Gasteiger partial charge in [-0.1, -0.05) is 5.21 Å².